The predicted octanol–water partition coefficient (Wildman–Crippen LogP) is 25.7. The van der Waals surface area contributed by atoms with E-state index < -0.39 is 28.9 Å². The van der Waals surface area contributed by atoms with Gasteiger partial charge < -0.3 is 0 Å². The number of allylic oxidation sites excluding steroid dienone is 11. The van der Waals surface area contributed by atoms with Crippen LogP contribution in [0.4, 0.5) is 26.3 Å². The quantitative estimate of drug-likeness (QED) is 0.0884. The minimum atomic E-state index is -5.74. The van der Waals surface area contributed by atoms with Crippen molar-refractivity contribution >= 4 is 98.5 Å². The molecule has 4 aliphatic carbocycles. The van der Waals surface area contributed by atoms with E-state index in [2.05, 4.69) is 254 Å². The molecule has 0 amide bonds. The Morgan fingerprint density at radius 1 is 0.465 bits per heavy atom. The molecular formula is C93H80F6S2+2. The van der Waals surface area contributed by atoms with E-state index in [1.165, 1.54) is 72.4 Å². The fourth-order valence-corrected chi connectivity index (χ4v) is 18.9. The van der Waals surface area contributed by atoms with E-state index in [9.17, 15) is 0 Å². The van der Waals surface area contributed by atoms with Crippen LogP contribution in [-0.2, 0) is 5.41 Å². The van der Waals surface area contributed by atoms with Gasteiger partial charge in [-0.3, -0.25) is 0 Å². The minimum absolute atomic E-state index is 0.00351. The molecule has 0 nitrogen and oxygen atoms in total. The summed E-state index contributed by atoms with van der Waals surface area (Å²) in [7, 11) is 0. The molecule has 9 aromatic carbocycles. The van der Waals surface area contributed by atoms with Gasteiger partial charge in [0.1, 0.15) is 0 Å². The Hall–Kier alpha value is -9.30. The van der Waals surface area contributed by atoms with Gasteiger partial charge in [0.2, 0.25) is 0 Å². The van der Waals surface area contributed by atoms with Crippen LogP contribution in [0.15, 0.2) is 210 Å². The van der Waals surface area contributed by atoms with E-state index >= 15 is 26.3 Å². The number of aryl methyl sites for hydroxylation is 6. The lowest BCUT2D eigenvalue weighted by atomic mass is 9.70. The molecule has 0 saturated carbocycles. The Morgan fingerprint density at radius 2 is 0.931 bits per heavy atom. The molecule has 8 heteroatoms. The van der Waals surface area contributed by atoms with Crippen LogP contribution in [-0.4, -0.2) is 17.8 Å². The highest BCUT2D eigenvalue weighted by Gasteiger charge is 2.80. The maximum atomic E-state index is 17.1. The lowest BCUT2D eigenvalue weighted by molar-refractivity contribution is -0.254. The first-order chi connectivity index (χ1) is 47.8. The summed E-state index contributed by atoms with van der Waals surface area (Å²) in [5.41, 5.74) is 23.9. The van der Waals surface area contributed by atoms with E-state index in [-0.39, 0.29) is 48.4 Å². The lowest BCUT2D eigenvalue weighted by Gasteiger charge is -2.33. The number of alkyl halides is 6. The standard InChI is InChI=1S/C93H80F6S2/c1-49-37-61(38-50(2)75(49)47-77-65-25-17-21-29-69(65)85(70-30-22-18-26-66(70)77)81-53(5)41-63(42-54(81)6)89(11,12)13)59-33-35-73-79(45-59)100-57(9)83(73)87-88(92(96,97)93(98,99)91(87,94)95)84-58(10)101-80-46-60(34-36-74(80)84)62-39-51(3)76(52(4)40-62)48-78-67-27-19-23-31-71(67)86(72-32-24-20-28-68(72)78)82-55(7)43-64(44-56(82)8)90(14,15)16/h17-47,85H,1-16H3/q+2. The van der Waals surface area contributed by atoms with Crippen molar-refractivity contribution in [3.05, 3.63) is 320 Å². The summed E-state index contributed by atoms with van der Waals surface area (Å²) in [6, 6.07) is 54.0. The summed E-state index contributed by atoms with van der Waals surface area (Å²) in [6.45, 7) is 33.8. The fourth-order valence-electron chi connectivity index (χ4n) is 16.7. The van der Waals surface area contributed by atoms with Crippen LogP contribution in [0.25, 0.3) is 86.9 Å². The van der Waals surface area contributed by atoms with Gasteiger partial charge in [-0.05, 0) is 199 Å². The Balaban J connectivity index is 0.784. The molecule has 15 rings (SSSR count). The first kappa shape index (κ1) is 67.5. The van der Waals surface area contributed by atoms with Crippen LogP contribution in [0, 0.1) is 58.8 Å². The first-order valence-corrected chi connectivity index (χ1v) is 36.4. The van der Waals surface area contributed by atoms with Crippen molar-refractivity contribution < 1.29 is 26.3 Å². The van der Waals surface area contributed by atoms with Crippen molar-refractivity contribution in [1.82, 2.24) is 0 Å². The first-order valence-electron chi connectivity index (χ1n) is 34.8. The molecule has 0 N–H and O–H groups in total. The van der Waals surface area contributed by atoms with Crippen LogP contribution < -0.4 is 10.4 Å². The van der Waals surface area contributed by atoms with Crippen LogP contribution in [0.1, 0.15) is 163 Å². The van der Waals surface area contributed by atoms with E-state index in [0.717, 1.165) is 111 Å². The number of benzene rings is 9. The fraction of sp³-hybridized carbons (Fsp3) is 0.237. The van der Waals surface area contributed by atoms with Crippen LogP contribution in [0.5, 0.6) is 0 Å². The molecule has 2 aromatic heterocycles. The van der Waals surface area contributed by atoms with E-state index in [1.807, 2.05) is 12.1 Å². The van der Waals surface area contributed by atoms with Crippen molar-refractivity contribution in [2.75, 3.05) is 0 Å². The third kappa shape index (κ3) is 10.7. The van der Waals surface area contributed by atoms with Gasteiger partial charge in [-0.25, -0.2) is 0 Å². The Labute approximate surface area is 597 Å². The van der Waals surface area contributed by atoms with Crippen LogP contribution in [0.3, 0.4) is 0 Å². The topological polar surface area (TPSA) is 0 Å². The van der Waals surface area contributed by atoms with Crippen molar-refractivity contribution in [2.45, 2.75) is 140 Å². The highest BCUT2D eigenvalue weighted by Crippen LogP contribution is 2.67. The van der Waals surface area contributed by atoms with Crippen molar-refractivity contribution in [2.24, 2.45) is 5.41 Å². The van der Waals surface area contributed by atoms with Gasteiger partial charge in [0.05, 0.1) is 56.5 Å². The van der Waals surface area contributed by atoms with Crippen molar-refractivity contribution in [3.63, 3.8) is 0 Å². The molecule has 0 fully saturated rings. The second-order valence-corrected chi connectivity index (χ2v) is 33.1. The number of thiophene rings is 2. The average Bonchev–Trinajstić information content (AvgIpc) is 1.53. The normalized spacial score (nSPS) is 17.4. The molecule has 504 valence electrons. The summed E-state index contributed by atoms with van der Waals surface area (Å²) in [6.07, 6.45) is 11.1. The number of fused-ring (bicyclic) bond motifs is 6. The van der Waals surface area contributed by atoms with Gasteiger partial charge >= 0.3 is 17.8 Å². The van der Waals surface area contributed by atoms with Gasteiger partial charge in [-0.1, -0.05) is 160 Å². The Morgan fingerprint density at radius 3 is 1.43 bits per heavy atom. The Bertz CT molecular complexity index is 5610. The van der Waals surface area contributed by atoms with Gasteiger partial charge in [-0.2, -0.15) is 26.3 Å². The second kappa shape index (κ2) is 23.9. The van der Waals surface area contributed by atoms with Crippen LogP contribution in [0.2, 0.25) is 0 Å². The number of halogens is 6. The summed E-state index contributed by atoms with van der Waals surface area (Å²) in [5.74, 6) is -14.0. The van der Waals surface area contributed by atoms with E-state index in [0.29, 0.717) is 9.40 Å². The summed E-state index contributed by atoms with van der Waals surface area (Å²) < 4.78 is 102. The molecule has 0 radical (unpaired) electrons. The van der Waals surface area contributed by atoms with Crippen molar-refractivity contribution in [1.29, 1.82) is 0 Å². The van der Waals surface area contributed by atoms with Gasteiger partial charge in [0.25, 0.3) is 0 Å². The average molecular weight is 1380 g/mol. The lowest BCUT2D eigenvalue weighted by Crippen LogP contribution is -2.48. The van der Waals surface area contributed by atoms with Gasteiger partial charge in [0.15, 0.2) is 0 Å². The number of rotatable bonds is 6. The zero-order valence-corrected chi connectivity index (χ0v) is 61.7. The molecule has 0 aliphatic heterocycles. The predicted molar refractivity (Wildman–Crippen MR) is 416 cm³/mol. The molecule has 0 spiro atoms. The zero-order chi connectivity index (χ0) is 71.6. The second-order valence-electron chi connectivity index (χ2n) is 30.6. The zero-order valence-electron chi connectivity index (χ0n) is 60.1. The largest absolute Gasteiger partial charge is 0.380 e. The SMILES string of the molecule is CC1=C[C+](c2ccc3c(C4=C(c5c(C)sc6cc(-c7cc(C)c(C=C8c9ccccc9C(c9c(C)cc(C(C)(C)C)cc9C)c9ccccc98)c(C)c7)ccc56)C(F)(F)C(F)(F)C4(F)F)c(C)sc3c2)C=C(C)C1=C=c1c2ccccc2c(=C2C(C)=C[C+](C(C)(C)C)C=C2C)c2ccccc12. The molecular weight excluding hydrogens is 1300 g/mol. The number of hydrogen-bond acceptors (Lipinski definition) is 2. The molecule has 0 saturated heterocycles. The molecule has 11 aromatic rings. The summed E-state index contributed by atoms with van der Waals surface area (Å²) in [4.78, 5) is 0.475. The minimum Gasteiger partial charge on any atom is -0.194 e. The van der Waals surface area contributed by atoms with E-state index in [1.54, 1.807) is 38.1 Å². The highest BCUT2D eigenvalue weighted by atomic mass is 32.1. The maximum Gasteiger partial charge on any atom is 0.380 e. The van der Waals surface area contributed by atoms with Crippen molar-refractivity contribution in [3.8, 4) is 11.1 Å². The van der Waals surface area contributed by atoms with Crippen LogP contribution >= 0.6 is 22.7 Å². The molecule has 0 atom stereocenters. The number of hydrogen-bond donors (Lipinski definition) is 0. The van der Waals surface area contributed by atoms with Gasteiger partial charge in [-0.15, -0.1) is 22.7 Å². The molecule has 2 heterocycles. The molecule has 101 heavy (non-hydrogen) atoms. The Kier molecular flexibility index (Phi) is 16.0. The third-order valence-electron chi connectivity index (χ3n) is 21.7. The molecule has 0 unspecified atom stereocenters. The molecule has 4 aliphatic rings. The third-order valence-corrected chi connectivity index (χ3v) is 23.8. The smallest absolute Gasteiger partial charge is 0.194 e. The summed E-state index contributed by atoms with van der Waals surface area (Å²) >= 11 is 2.28. The highest BCUT2D eigenvalue weighted by molar-refractivity contribution is 7.19. The maximum absolute atomic E-state index is 17.1. The van der Waals surface area contributed by atoms with E-state index in [4.69, 9.17) is 0 Å². The molecule has 0 bridgehead atoms. The van der Waals surface area contributed by atoms with Gasteiger partial charge in [0, 0.05) is 119 Å². The monoisotopic (exact) mass is 1370 g/mol. The summed E-state index contributed by atoms with van der Waals surface area (Å²) in [5, 5.41) is 7.04.